The van der Waals surface area contributed by atoms with E-state index < -0.39 is 28.6 Å². The van der Waals surface area contributed by atoms with Gasteiger partial charge in [0.05, 0.1) is 6.61 Å². The Bertz CT molecular complexity index is 837. The predicted octanol–water partition coefficient (Wildman–Crippen LogP) is 1.71. The number of aliphatic hydroxyl groups excluding tert-OH is 1. The molecule has 0 aliphatic heterocycles. The summed E-state index contributed by atoms with van der Waals surface area (Å²) in [5.41, 5.74) is -0.605. The molecule has 2 rings (SSSR count). The minimum atomic E-state index is -3.53. The molecule has 0 aliphatic carbocycles. The van der Waals surface area contributed by atoms with Crippen LogP contribution in [0.4, 0.5) is 14.6 Å². The van der Waals surface area contributed by atoms with Crippen molar-refractivity contribution in [2.75, 3.05) is 11.6 Å². The summed E-state index contributed by atoms with van der Waals surface area (Å²) in [6, 6.07) is 2.45. The van der Waals surface area contributed by atoms with E-state index in [1.165, 1.54) is 12.1 Å². The lowest BCUT2D eigenvalue weighted by atomic mass is 10.2. The number of alkyl halides is 2. The van der Waals surface area contributed by atoms with Crippen LogP contribution in [0.2, 0.25) is 0 Å². The molecule has 2 N–H and O–H groups in total. The first kappa shape index (κ1) is 19.2. The molecule has 0 aliphatic rings. The van der Waals surface area contributed by atoms with Crippen molar-refractivity contribution in [3.8, 4) is 5.82 Å². The Kier molecular flexibility index (Phi) is 5.68. The summed E-state index contributed by atoms with van der Waals surface area (Å²) >= 11 is 0. The van der Waals surface area contributed by atoms with E-state index in [0.29, 0.717) is 6.42 Å². The number of halogens is 2. The summed E-state index contributed by atoms with van der Waals surface area (Å²) < 4.78 is 50.5. The Hall–Kier alpha value is -2.14. The monoisotopic (exact) mass is 375 g/mol. The van der Waals surface area contributed by atoms with Crippen molar-refractivity contribution in [3.63, 3.8) is 0 Å². The molecule has 0 amide bonds. The standard InChI is InChI=1S/C14H19F2N5O3S/c1-4-8(2)17-14-9(7-22)12(13(15)16)20-21(14)10-5-6-11(19-18-10)25(3,23)24/h5-6,8,13,17,22H,4,7H2,1-3H3. The van der Waals surface area contributed by atoms with Crippen molar-refractivity contribution in [1.82, 2.24) is 20.0 Å². The van der Waals surface area contributed by atoms with Crippen LogP contribution in [0.15, 0.2) is 17.2 Å². The molecule has 8 nitrogen and oxygen atoms in total. The Morgan fingerprint density at radius 3 is 2.44 bits per heavy atom. The molecule has 2 heterocycles. The Morgan fingerprint density at radius 2 is 2.00 bits per heavy atom. The molecule has 0 saturated heterocycles. The van der Waals surface area contributed by atoms with Crippen LogP contribution in [0.25, 0.3) is 5.82 Å². The van der Waals surface area contributed by atoms with E-state index in [9.17, 15) is 22.3 Å². The van der Waals surface area contributed by atoms with Gasteiger partial charge >= 0.3 is 0 Å². The zero-order chi connectivity index (χ0) is 18.8. The van der Waals surface area contributed by atoms with Gasteiger partial charge in [0.1, 0.15) is 11.5 Å². The Morgan fingerprint density at radius 1 is 1.32 bits per heavy atom. The van der Waals surface area contributed by atoms with Crippen LogP contribution in [-0.2, 0) is 16.4 Å². The van der Waals surface area contributed by atoms with Gasteiger partial charge in [0.2, 0.25) is 0 Å². The minimum absolute atomic E-state index is 0.0377. The molecule has 11 heteroatoms. The molecule has 0 bridgehead atoms. The number of hydrogen-bond acceptors (Lipinski definition) is 7. The van der Waals surface area contributed by atoms with Crippen LogP contribution in [0.1, 0.15) is 38.0 Å². The molecule has 0 saturated carbocycles. The van der Waals surface area contributed by atoms with Crippen molar-refractivity contribution in [2.24, 2.45) is 0 Å². The second-order valence-corrected chi connectivity index (χ2v) is 7.50. The van der Waals surface area contributed by atoms with Crippen molar-refractivity contribution < 1.29 is 22.3 Å². The second-order valence-electron chi connectivity index (χ2n) is 5.54. The minimum Gasteiger partial charge on any atom is -0.391 e. The van der Waals surface area contributed by atoms with Crippen LogP contribution >= 0.6 is 0 Å². The van der Waals surface area contributed by atoms with Gasteiger partial charge < -0.3 is 10.4 Å². The van der Waals surface area contributed by atoms with Gasteiger partial charge in [-0.05, 0) is 25.5 Å². The van der Waals surface area contributed by atoms with Gasteiger partial charge in [0.15, 0.2) is 20.7 Å². The van der Waals surface area contributed by atoms with Crippen LogP contribution in [0, 0.1) is 0 Å². The number of rotatable bonds is 7. The average Bonchev–Trinajstić information content (AvgIpc) is 2.92. The lowest BCUT2D eigenvalue weighted by molar-refractivity contribution is 0.141. The predicted molar refractivity (Wildman–Crippen MR) is 86.5 cm³/mol. The number of nitrogens with one attached hydrogen (secondary N) is 1. The van der Waals surface area contributed by atoms with Gasteiger partial charge in [-0.3, -0.25) is 0 Å². The Balaban J connectivity index is 2.59. The summed E-state index contributed by atoms with van der Waals surface area (Å²) in [6.45, 7) is 3.12. The highest BCUT2D eigenvalue weighted by Crippen LogP contribution is 2.30. The number of aromatic nitrogens is 4. The largest absolute Gasteiger partial charge is 0.391 e. The number of aliphatic hydroxyl groups is 1. The van der Waals surface area contributed by atoms with Crippen LogP contribution in [0.5, 0.6) is 0 Å². The highest BCUT2D eigenvalue weighted by Gasteiger charge is 2.25. The number of nitrogens with zero attached hydrogens (tertiary/aromatic N) is 4. The van der Waals surface area contributed by atoms with E-state index in [1.54, 1.807) is 0 Å². The summed E-state index contributed by atoms with van der Waals surface area (Å²) in [7, 11) is -3.53. The zero-order valence-electron chi connectivity index (χ0n) is 13.9. The first-order valence-electron chi connectivity index (χ1n) is 7.50. The highest BCUT2D eigenvalue weighted by atomic mass is 32.2. The smallest absolute Gasteiger partial charge is 0.282 e. The molecular weight excluding hydrogens is 356 g/mol. The van der Waals surface area contributed by atoms with Crippen molar-refractivity contribution in [2.45, 2.75) is 44.4 Å². The van der Waals surface area contributed by atoms with E-state index in [2.05, 4.69) is 20.6 Å². The third-order valence-electron chi connectivity index (χ3n) is 3.60. The maximum atomic E-state index is 13.2. The van der Waals surface area contributed by atoms with Crippen LogP contribution in [0.3, 0.4) is 0 Å². The molecule has 0 aromatic carbocycles. The van der Waals surface area contributed by atoms with Gasteiger partial charge in [-0.25, -0.2) is 17.2 Å². The summed E-state index contributed by atoms with van der Waals surface area (Å²) in [5, 5.41) is 23.5. The third-order valence-corrected chi connectivity index (χ3v) is 4.58. The molecule has 0 fully saturated rings. The normalized spacial score (nSPS) is 13.2. The van der Waals surface area contributed by atoms with Gasteiger partial charge in [-0.2, -0.15) is 9.78 Å². The second kappa shape index (κ2) is 7.40. The first-order valence-corrected chi connectivity index (χ1v) is 9.39. The van der Waals surface area contributed by atoms with E-state index in [4.69, 9.17) is 0 Å². The first-order chi connectivity index (χ1) is 11.7. The van der Waals surface area contributed by atoms with Gasteiger partial charge in [0.25, 0.3) is 6.43 Å². The lowest BCUT2D eigenvalue weighted by Crippen LogP contribution is -2.18. The van der Waals surface area contributed by atoms with Crippen molar-refractivity contribution >= 4 is 15.7 Å². The number of hydrogen-bond donors (Lipinski definition) is 2. The fourth-order valence-electron chi connectivity index (χ4n) is 2.07. The van der Waals surface area contributed by atoms with Gasteiger partial charge in [0, 0.05) is 17.9 Å². The molecule has 25 heavy (non-hydrogen) atoms. The average molecular weight is 375 g/mol. The Labute approximate surface area is 143 Å². The van der Waals surface area contributed by atoms with Crippen LogP contribution < -0.4 is 5.32 Å². The number of anilines is 1. The molecule has 2 aromatic rings. The van der Waals surface area contributed by atoms with Gasteiger partial charge in [-0.1, -0.05) is 6.92 Å². The van der Waals surface area contributed by atoms with E-state index in [1.807, 2.05) is 13.8 Å². The van der Waals surface area contributed by atoms with E-state index in [0.717, 1.165) is 10.9 Å². The fraction of sp³-hybridized carbons (Fsp3) is 0.500. The molecule has 138 valence electrons. The highest BCUT2D eigenvalue weighted by molar-refractivity contribution is 7.90. The maximum Gasteiger partial charge on any atom is 0.282 e. The lowest BCUT2D eigenvalue weighted by Gasteiger charge is -2.15. The van der Waals surface area contributed by atoms with E-state index in [-0.39, 0.29) is 28.3 Å². The topological polar surface area (TPSA) is 110 Å². The molecular formula is C14H19F2N5O3S. The van der Waals surface area contributed by atoms with E-state index >= 15 is 0 Å². The maximum absolute atomic E-state index is 13.2. The summed E-state index contributed by atoms with van der Waals surface area (Å²) in [4.78, 5) is 0. The molecule has 0 spiro atoms. The molecule has 1 atom stereocenters. The number of sulfone groups is 1. The molecule has 2 aromatic heterocycles. The van der Waals surface area contributed by atoms with Crippen LogP contribution in [-0.4, -0.2) is 45.8 Å². The molecule has 0 radical (unpaired) electrons. The summed E-state index contributed by atoms with van der Waals surface area (Å²) in [6.07, 6.45) is -1.19. The van der Waals surface area contributed by atoms with Crippen molar-refractivity contribution in [1.29, 1.82) is 0 Å². The quantitative estimate of drug-likeness (QED) is 0.758. The summed E-state index contributed by atoms with van der Waals surface area (Å²) in [5.74, 6) is 0.230. The van der Waals surface area contributed by atoms with Crippen molar-refractivity contribution in [3.05, 3.63) is 23.4 Å². The molecule has 1 unspecified atom stereocenters. The zero-order valence-corrected chi connectivity index (χ0v) is 14.8. The fourth-order valence-corrected chi connectivity index (χ4v) is 2.58. The third kappa shape index (κ3) is 4.10. The SMILES string of the molecule is CCC(C)Nc1c(CO)c(C(F)F)nn1-c1ccc(S(C)(=O)=O)nn1. The van der Waals surface area contributed by atoms with Gasteiger partial charge in [-0.15, -0.1) is 10.2 Å².